The molecule has 0 heterocycles. The van der Waals surface area contributed by atoms with E-state index in [9.17, 15) is 0 Å². The Balaban J connectivity index is 2.50. The van der Waals surface area contributed by atoms with E-state index in [4.69, 9.17) is 10.5 Å². The number of nitrogens with two attached hydrogens (primary N) is 1. The van der Waals surface area contributed by atoms with Gasteiger partial charge < -0.3 is 15.8 Å². The molecule has 0 radical (unpaired) electrons. The topological polar surface area (TPSA) is 47.3 Å². The molecule has 1 rings (SSSR count). The summed E-state index contributed by atoms with van der Waals surface area (Å²) in [4.78, 5) is 0. The molecule has 1 aromatic rings. The predicted octanol–water partition coefficient (Wildman–Crippen LogP) is 1.52. The fourth-order valence-corrected chi connectivity index (χ4v) is 1.37. The zero-order chi connectivity index (χ0) is 11.3. The Morgan fingerprint density at radius 3 is 2.60 bits per heavy atom. The first-order valence-corrected chi connectivity index (χ1v) is 5.14. The molecule has 0 atom stereocenters. The molecule has 3 N–H and O–H groups in total. The smallest absolute Gasteiger partial charge is 0.123 e. The van der Waals surface area contributed by atoms with E-state index in [0.717, 1.165) is 24.4 Å². The van der Waals surface area contributed by atoms with E-state index in [2.05, 4.69) is 11.4 Å². The SMILES string of the molecule is COc1ccccc1CNCC(C)(C)N. The summed E-state index contributed by atoms with van der Waals surface area (Å²) < 4.78 is 5.26. The molecule has 0 saturated heterocycles. The molecule has 15 heavy (non-hydrogen) atoms. The van der Waals surface area contributed by atoms with Crippen LogP contribution in [0, 0.1) is 0 Å². The molecule has 0 fully saturated rings. The molecule has 0 aliphatic heterocycles. The van der Waals surface area contributed by atoms with Crippen LogP contribution in [0.3, 0.4) is 0 Å². The van der Waals surface area contributed by atoms with Gasteiger partial charge in [-0.2, -0.15) is 0 Å². The molecule has 0 amide bonds. The molecular formula is C12H20N2O. The summed E-state index contributed by atoms with van der Waals surface area (Å²) in [6, 6.07) is 7.99. The van der Waals surface area contributed by atoms with E-state index in [-0.39, 0.29) is 5.54 Å². The van der Waals surface area contributed by atoms with Gasteiger partial charge in [-0.15, -0.1) is 0 Å². The van der Waals surface area contributed by atoms with Gasteiger partial charge in [0.2, 0.25) is 0 Å². The van der Waals surface area contributed by atoms with Crippen LogP contribution in [0.4, 0.5) is 0 Å². The standard InChI is InChI=1S/C12H20N2O/c1-12(2,13)9-14-8-10-6-4-5-7-11(10)15-3/h4-7,14H,8-9,13H2,1-3H3. The Labute approximate surface area is 91.6 Å². The van der Waals surface area contributed by atoms with Crippen LogP contribution in [0.15, 0.2) is 24.3 Å². The van der Waals surface area contributed by atoms with Crippen LogP contribution in [-0.4, -0.2) is 19.2 Å². The van der Waals surface area contributed by atoms with Gasteiger partial charge in [0.25, 0.3) is 0 Å². The van der Waals surface area contributed by atoms with Crippen LogP contribution in [0.2, 0.25) is 0 Å². The second-order valence-corrected chi connectivity index (χ2v) is 4.40. The van der Waals surface area contributed by atoms with E-state index in [1.54, 1.807) is 7.11 Å². The maximum Gasteiger partial charge on any atom is 0.123 e. The van der Waals surface area contributed by atoms with Crippen LogP contribution in [0.25, 0.3) is 0 Å². The average molecular weight is 208 g/mol. The van der Waals surface area contributed by atoms with Gasteiger partial charge in [-0.05, 0) is 19.9 Å². The highest BCUT2D eigenvalue weighted by Crippen LogP contribution is 2.16. The maximum absolute atomic E-state index is 5.88. The normalized spacial score (nSPS) is 11.5. The van der Waals surface area contributed by atoms with Crippen LogP contribution in [0.1, 0.15) is 19.4 Å². The lowest BCUT2D eigenvalue weighted by Gasteiger charge is -2.19. The van der Waals surface area contributed by atoms with Crippen molar-refractivity contribution in [2.45, 2.75) is 25.9 Å². The van der Waals surface area contributed by atoms with Gasteiger partial charge in [-0.1, -0.05) is 18.2 Å². The average Bonchev–Trinajstić information content (AvgIpc) is 2.16. The lowest BCUT2D eigenvalue weighted by Crippen LogP contribution is -2.42. The first kappa shape index (κ1) is 12.0. The van der Waals surface area contributed by atoms with Gasteiger partial charge in [0.15, 0.2) is 0 Å². The summed E-state index contributed by atoms with van der Waals surface area (Å²) in [6.45, 7) is 5.57. The van der Waals surface area contributed by atoms with Gasteiger partial charge in [0.1, 0.15) is 5.75 Å². The Kier molecular flexibility index (Phi) is 4.12. The molecule has 0 aliphatic carbocycles. The van der Waals surface area contributed by atoms with Gasteiger partial charge in [0.05, 0.1) is 7.11 Å². The molecule has 0 aromatic heterocycles. The molecule has 0 spiro atoms. The van der Waals surface area contributed by atoms with Crippen LogP contribution >= 0.6 is 0 Å². The number of hydrogen-bond acceptors (Lipinski definition) is 3. The van der Waals surface area contributed by atoms with E-state index < -0.39 is 0 Å². The summed E-state index contributed by atoms with van der Waals surface area (Å²) in [5, 5.41) is 3.31. The Morgan fingerprint density at radius 2 is 2.00 bits per heavy atom. The Bertz CT molecular complexity index is 305. The number of hydrogen-bond donors (Lipinski definition) is 2. The largest absolute Gasteiger partial charge is 0.496 e. The molecule has 0 aliphatic rings. The predicted molar refractivity (Wildman–Crippen MR) is 63.0 cm³/mol. The number of ether oxygens (including phenoxy) is 1. The lowest BCUT2D eigenvalue weighted by molar-refractivity contribution is 0.404. The minimum Gasteiger partial charge on any atom is -0.496 e. The van der Waals surface area contributed by atoms with Gasteiger partial charge in [0, 0.05) is 24.2 Å². The van der Waals surface area contributed by atoms with Crippen LogP contribution < -0.4 is 15.8 Å². The molecule has 0 unspecified atom stereocenters. The third-order valence-corrected chi connectivity index (χ3v) is 2.09. The van der Waals surface area contributed by atoms with Crippen molar-refractivity contribution in [1.82, 2.24) is 5.32 Å². The Morgan fingerprint density at radius 1 is 1.33 bits per heavy atom. The lowest BCUT2D eigenvalue weighted by atomic mass is 10.1. The van der Waals surface area contributed by atoms with Crippen molar-refractivity contribution < 1.29 is 4.74 Å². The highest BCUT2D eigenvalue weighted by Gasteiger charge is 2.09. The fourth-order valence-electron chi connectivity index (χ4n) is 1.37. The van der Waals surface area contributed by atoms with Crippen molar-refractivity contribution in [2.24, 2.45) is 5.73 Å². The van der Waals surface area contributed by atoms with E-state index in [1.165, 1.54) is 0 Å². The summed E-state index contributed by atoms with van der Waals surface area (Å²) in [5.74, 6) is 0.917. The minimum absolute atomic E-state index is 0.179. The second kappa shape index (κ2) is 5.14. The molecular weight excluding hydrogens is 188 g/mol. The van der Waals surface area contributed by atoms with Crippen LogP contribution in [-0.2, 0) is 6.54 Å². The van der Waals surface area contributed by atoms with E-state index >= 15 is 0 Å². The summed E-state index contributed by atoms with van der Waals surface area (Å²) >= 11 is 0. The maximum atomic E-state index is 5.88. The quantitative estimate of drug-likeness (QED) is 0.771. The van der Waals surface area contributed by atoms with Crippen molar-refractivity contribution in [3.05, 3.63) is 29.8 Å². The summed E-state index contributed by atoms with van der Waals surface area (Å²) in [6.07, 6.45) is 0. The third kappa shape index (κ3) is 4.32. The zero-order valence-corrected chi connectivity index (χ0v) is 9.71. The minimum atomic E-state index is -0.179. The number of benzene rings is 1. The Hall–Kier alpha value is -1.06. The molecule has 1 aromatic carbocycles. The molecule has 3 heteroatoms. The molecule has 0 saturated carbocycles. The zero-order valence-electron chi connectivity index (χ0n) is 9.71. The van der Waals surface area contributed by atoms with Crippen molar-refractivity contribution in [1.29, 1.82) is 0 Å². The van der Waals surface area contributed by atoms with Gasteiger partial charge in [-0.25, -0.2) is 0 Å². The van der Waals surface area contributed by atoms with E-state index in [0.29, 0.717) is 0 Å². The molecule has 0 bridgehead atoms. The molecule has 84 valence electrons. The number of methoxy groups -OCH3 is 1. The van der Waals surface area contributed by atoms with Crippen LogP contribution in [0.5, 0.6) is 5.75 Å². The van der Waals surface area contributed by atoms with E-state index in [1.807, 2.05) is 32.0 Å². The van der Waals surface area contributed by atoms with Crippen molar-refractivity contribution >= 4 is 0 Å². The van der Waals surface area contributed by atoms with Crippen molar-refractivity contribution in [3.8, 4) is 5.75 Å². The second-order valence-electron chi connectivity index (χ2n) is 4.40. The third-order valence-electron chi connectivity index (χ3n) is 2.09. The molecule has 3 nitrogen and oxygen atoms in total. The number of para-hydroxylation sites is 1. The van der Waals surface area contributed by atoms with Crippen molar-refractivity contribution in [2.75, 3.05) is 13.7 Å². The first-order valence-electron chi connectivity index (χ1n) is 5.14. The highest BCUT2D eigenvalue weighted by atomic mass is 16.5. The first-order chi connectivity index (χ1) is 7.03. The number of rotatable bonds is 5. The number of nitrogens with one attached hydrogen (secondary N) is 1. The monoisotopic (exact) mass is 208 g/mol. The van der Waals surface area contributed by atoms with Crippen molar-refractivity contribution in [3.63, 3.8) is 0 Å². The van der Waals surface area contributed by atoms with Gasteiger partial charge in [-0.3, -0.25) is 0 Å². The van der Waals surface area contributed by atoms with Gasteiger partial charge >= 0.3 is 0 Å². The summed E-state index contributed by atoms with van der Waals surface area (Å²) in [5.41, 5.74) is 6.85. The highest BCUT2D eigenvalue weighted by molar-refractivity contribution is 5.32. The summed E-state index contributed by atoms with van der Waals surface area (Å²) in [7, 11) is 1.69. The fraction of sp³-hybridized carbons (Fsp3) is 0.500.